The highest BCUT2D eigenvalue weighted by Crippen LogP contribution is 2.23. The summed E-state index contributed by atoms with van der Waals surface area (Å²) in [5, 5.41) is 3.07. The molecule has 0 spiro atoms. The van der Waals surface area contributed by atoms with Crippen LogP contribution >= 0.6 is 0 Å². The lowest BCUT2D eigenvalue weighted by atomic mass is 9.96. The van der Waals surface area contributed by atoms with Gasteiger partial charge >= 0.3 is 0 Å². The number of nitrogens with zero attached hydrogens (tertiary/aromatic N) is 2. The summed E-state index contributed by atoms with van der Waals surface area (Å²) in [6.07, 6.45) is 1.11. The molecule has 1 amide bonds. The van der Waals surface area contributed by atoms with Crippen molar-refractivity contribution in [3.63, 3.8) is 0 Å². The fraction of sp³-hybridized carbons (Fsp3) is 0.588. The maximum absolute atomic E-state index is 12.5. The summed E-state index contributed by atoms with van der Waals surface area (Å²) in [4.78, 5) is 12.5. The van der Waals surface area contributed by atoms with Gasteiger partial charge in [0.1, 0.15) is 0 Å². The van der Waals surface area contributed by atoms with Crippen molar-refractivity contribution in [2.45, 2.75) is 32.7 Å². The second-order valence-electron chi connectivity index (χ2n) is 6.55. The van der Waals surface area contributed by atoms with Gasteiger partial charge in [-0.1, -0.05) is 24.3 Å². The predicted octanol–water partition coefficient (Wildman–Crippen LogP) is 1.69. The third-order valence-corrected chi connectivity index (χ3v) is 6.57. The molecule has 1 saturated heterocycles. The minimum atomic E-state index is -3.39. The molecule has 0 aliphatic carbocycles. The van der Waals surface area contributed by atoms with Crippen LogP contribution in [0.2, 0.25) is 0 Å². The number of aryl methyl sites for hydroxylation is 1. The van der Waals surface area contributed by atoms with E-state index >= 15 is 0 Å². The van der Waals surface area contributed by atoms with Gasteiger partial charge in [0.25, 0.3) is 10.2 Å². The van der Waals surface area contributed by atoms with Crippen LogP contribution in [0.3, 0.4) is 0 Å². The molecule has 0 aromatic heterocycles. The third-order valence-electron chi connectivity index (χ3n) is 4.63. The van der Waals surface area contributed by atoms with Gasteiger partial charge in [-0.3, -0.25) is 4.79 Å². The van der Waals surface area contributed by atoms with E-state index in [1.165, 1.54) is 22.7 Å². The molecule has 7 heteroatoms. The van der Waals surface area contributed by atoms with Gasteiger partial charge in [-0.25, -0.2) is 0 Å². The van der Waals surface area contributed by atoms with Crippen molar-refractivity contribution in [3.05, 3.63) is 35.4 Å². The van der Waals surface area contributed by atoms with Crippen LogP contribution in [-0.4, -0.2) is 50.1 Å². The smallest absolute Gasteiger partial charge is 0.281 e. The maximum Gasteiger partial charge on any atom is 0.281 e. The van der Waals surface area contributed by atoms with Crippen molar-refractivity contribution in [3.8, 4) is 0 Å². The number of nitrogens with one attached hydrogen (secondary N) is 1. The van der Waals surface area contributed by atoms with Gasteiger partial charge in [-0.05, 0) is 37.8 Å². The molecule has 134 valence electrons. The molecule has 0 bridgehead atoms. The number of carbonyl (C=O) groups is 1. The molecule has 1 aliphatic heterocycles. The average molecular weight is 353 g/mol. The summed E-state index contributed by atoms with van der Waals surface area (Å²) in [6, 6.07) is 7.95. The van der Waals surface area contributed by atoms with Crippen LogP contribution in [0.4, 0.5) is 0 Å². The molecule has 1 atom stereocenters. The Hall–Kier alpha value is -1.44. The molecule has 1 aliphatic rings. The number of hydrogen-bond acceptors (Lipinski definition) is 3. The molecule has 1 aromatic rings. The molecule has 1 heterocycles. The summed E-state index contributed by atoms with van der Waals surface area (Å²) < 4.78 is 26.9. The first-order valence-corrected chi connectivity index (χ1v) is 9.66. The van der Waals surface area contributed by atoms with E-state index in [0.29, 0.717) is 25.9 Å². The van der Waals surface area contributed by atoms with E-state index < -0.39 is 10.2 Å². The van der Waals surface area contributed by atoms with Crippen molar-refractivity contribution in [1.82, 2.24) is 13.9 Å². The lowest BCUT2D eigenvalue weighted by Crippen LogP contribution is -2.47. The Morgan fingerprint density at radius 3 is 2.38 bits per heavy atom. The highest BCUT2D eigenvalue weighted by Gasteiger charge is 2.32. The molecule has 0 radical (unpaired) electrons. The monoisotopic (exact) mass is 353 g/mol. The number of benzene rings is 1. The minimum Gasteiger partial charge on any atom is -0.349 e. The van der Waals surface area contributed by atoms with Gasteiger partial charge in [0.05, 0.1) is 6.04 Å². The topological polar surface area (TPSA) is 69.7 Å². The third kappa shape index (κ3) is 4.15. The van der Waals surface area contributed by atoms with E-state index in [0.717, 1.165) is 11.1 Å². The molecule has 1 fully saturated rings. The van der Waals surface area contributed by atoms with Crippen molar-refractivity contribution in [2.24, 2.45) is 5.92 Å². The van der Waals surface area contributed by atoms with Crippen LogP contribution in [0.15, 0.2) is 24.3 Å². The van der Waals surface area contributed by atoms with Crippen LogP contribution < -0.4 is 5.32 Å². The van der Waals surface area contributed by atoms with Gasteiger partial charge in [0, 0.05) is 33.1 Å². The summed E-state index contributed by atoms with van der Waals surface area (Å²) in [7, 11) is -0.334. The van der Waals surface area contributed by atoms with E-state index in [-0.39, 0.29) is 17.9 Å². The first-order chi connectivity index (χ1) is 11.2. The summed E-state index contributed by atoms with van der Waals surface area (Å²) in [5.74, 6) is -0.127. The zero-order valence-corrected chi connectivity index (χ0v) is 15.6. The van der Waals surface area contributed by atoms with Crippen LogP contribution in [0.5, 0.6) is 0 Å². The number of amides is 1. The van der Waals surface area contributed by atoms with Crippen LogP contribution in [0, 0.1) is 12.8 Å². The molecule has 1 aromatic carbocycles. The Morgan fingerprint density at radius 1 is 1.25 bits per heavy atom. The number of piperidine rings is 1. The maximum atomic E-state index is 12.5. The zero-order valence-electron chi connectivity index (χ0n) is 14.8. The molecule has 0 unspecified atom stereocenters. The normalized spacial score (nSPS) is 18.5. The van der Waals surface area contributed by atoms with Crippen LogP contribution in [0.1, 0.15) is 36.9 Å². The second kappa shape index (κ2) is 7.63. The van der Waals surface area contributed by atoms with Crippen molar-refractivity contribution in [2.75, 3.05) is 27.2 Å². The van der Waals surface area contributed by atoms with Gasteiger partial charge in [0.15, 0.2) is 0 Å². The Bertz CT molecular complexity index is 680. The van der Waals surface area contributed by atoms with Gasteiger partial charge in [-0.2, -0.15) is 17.0 Å². The van der Waals surface area contributed by atoms with Crippen molar-refractivity contribution >= 4 is 16.1 Å². The number of carbonyl (C=O) groups excluding carboxylic acids is 1. The quantitative estimate of drug-likeness (QED) is 0.876. The first-order valence-electron chi connectivity index (χ1n) is 8.27. The minimum absolute atomic E-state index is 0.00709. The van der Waals surface area contributed by atoms with E-state index in [9.17, 15) is 13.2 Å². The number of rotatable bonds is 5. The Labute approximate surface area is 145 Å². The van der Waals surface area contributed by atoms with E-state index in [1.807, 2.05) is 38.1 Å². The molecular weight excluding hydrogens is 326 g/mol. The highest BCUT2D eigenvalue weighted by atomic mass is 32.2. The molecule has 1 N–H and O–H groups in total. The fourth-order valence-corrected chi connectivity index (χ4v) is 4.20. The lowest BCUT2D eigenvalue weighted by Gasteiger charge is -2.32. The predicted molar refractivity (Wildman–Crippen MR) is 94.6 cm³/mol. The van der Waals surface area contributed by atoms with Gasteiger partial charge in [-0.15, -0.1) is 0 Å². The SMILES string of the molecule is Cc1ccccc1[C@H](C)NC(=O)C1CCN(S(=O)(=O)N(C)C)CC1. The van der Waals surface area contributed by atoms with Crippen molar-refractivity contribution < 1.29 is 13.2 Å². The summed E-state index contributed by atoms with van der Waals surface area (Å²) >= 11 is 0. The fourth-order valence-electron chi connectivity index (χ4n) is 3.06. The van der Waals surface area contributed by atoms with E-state index in [2.05, 4.69) is 5.32 Å². The molecule has 0 saturated carbocycles. The standard InChI is InChI=1S/C17H27N3O3S/c1-13-7-5-6-8-16(13)14(2)18-17(21)15-9-11-20(12-10-15)24(22,23)19(3)4/h5-8,14-15H,9-12H2,1-4H3,(H,18,21)/t14-/m0/s1. The Balaban J connectivity index is 1.93. The van der Waals surface area contributed by atoms with Crippen molar-refractivity contribution in [1.29, 1.82) is 0 Å². The molecule has 2 rings (SSSR count). The summed E-state index contributed by atoms with van der Waals surface area (Å²) in [6.45, 7) is 4.78. The first kappa shape index (κ1) is 18.9. The van der Waals surface area contributed by atoms with Gasteiger partial charge < -0.3 is 5.32 Å². The Morgan fingerprint density at radius 2 is 1.83 bits per heavy atom. The summed E-state index contributed by atoms with van der Waals surface area (Å²) in [5.41, 5.74) is 2.26. The largest absolute Gasteiger partial charge is 0.349 e. The van der Waals surface area contributed by atoms with E-state index in [1.54, 1.807) is 0 Å². The van der Waals surface area contributed by atoms with Crippen LogP contribution in [-0.2, 0) is 15.0 Å². The molecule has 24 heavy (non-hydrogen) atoms. The van der Waals surface area contributed by atoms with Crippen LogP contribution in [0.25, 0.3) is 0 Å². The highest BCUT2D eigenvalue weighted by molar-refractivity contribution is 7.86. The molecule has 6 nitrogen and oxygen atoms in total. The Kier molecular flexibility index (Phi) is 6.01. The second-order valence-corrected chi connectivity index (χ2v) is 8.69. The lowest BCUT2D eigenvalue weighted by molar-refractivity contribution is -0.126. The average Bonchev–Trinajstić information content (AvgIpc) is 2.55. The molecular formula is C17H27N3O3S. The number of hydrogen-bond donors (Lipinski definition) is 1. The zero-order chi connectivity index (χ0) is 17.9. The van der Waals surface area contributed by atoms with Gasteiger partial charge in [0.2, 0.25) is 5.91 Å². The van der Waals surface area contributed by atoms with E-state index in [4.69, 9.17) is 0 Å².